The molecule has 0 aliphatic carbocycles. The molecule has 0 fully saturated rings. The number of benzene rings is 3. The maximum Gasteiger partial charge on any atom is 0.273 e. The molecule has 7 nitrogen and oxygen atoms in total. The molecule has 0 saturated carbocycles. The first-order chi connectivity index (χ1) is 16.4. The van der Waals surface area contributed by atoms with Crippen molar-refractivity contribution in [3.63, 3.8) is 0 Å². The van der Waals surface area contributed by atoms with Crippen molar-refractivity contribution in [2.24, 2.45) is 5.10 Å². The number of hydrazone groups is 1. The Bertz CT molecular complexity index is 1380. The molecule has 4 rings (SSSR count). The molecule has 1 heterocycles. The van der Waals surface area contributed by atoms with Crippen LogP contribution < -0.4 is 9.73 Å². The standard InChI is InChI=1S/C26H23N3O4S/c1-20-13-15-23(16-14-20)34(31,32)29(19-21-8-3-2-4-9-21)25-12-6-5-11-24(25)26(30)28-27-18-22-10-7-17-33-22/h2-18H,19H2,1H3,(H,28,30)/b27-18+. The summed E-state index contributed by atoms with van der Waals surface area (Å²) in [6, 6.07) is 25.8. The van der Waals surface area contributed by atoms with Gasteiger partial charge in [-0.25, -0.2) is 13.8 Å². The number of carbonyl (C=O) groups is 1. The number of nitrogens with zero attached hydrogens (tertiary/aromatic N) is 2. The lowest BCUT2D eigenvalue weighted by Crippen LogP contribution is -2.33. The fourth-order valence-corrected chi connectivity index (χ4v) is 4.82. The van der Waals surface area contributed by atoms with Gasteiger partial charge in [-0.3, -0.25) is 9.10 Å². The van der Waals surface area contributed by atoms with Crippen LogP contribution in [0.5, 0.6) is 0 Å². The Kier molecular flexibility index (Phi) is 6.89. The lowest BCUT2D eigenvalue weighted by Gasteiger charge is -2.26. The number of anilines is 1. The number of hydrogen-bond donors (Lipinski definition) is 1. The lowest BCUT2D eigenvalue weighted by molar-refractivity contribution is 0.0955. The molecule has 0 aliphatic rings. The zero-order chi connectivity index (χ0) is 24.0. The molecular weight excluding hydrogens is 450 g/mol. The zero-order valence-electron chi connectivity index (χ0n) is 18.5. The van der Waals surface area contributed by atoms with Gasteiger partial charge in [-0.05, 0) is 48.9 Å². The van der Waals surface area contributed by atoms with Crippen LogP contribution in [0.25, 0.3) is 0 Å². The van der Waals surface area contributed by atoms with Gasteiger partial charge in [0.2, 0.25) is 0 Å². The van der Waals surface area contributed by atoms with Gasteiger partial charge >= 0.3 is 0 Å². The topological polar surface area (TPSA) is 92.0 Å². The summed E-state index contributed by atoms with van der Waals surface area (Å²) >= 11 is 0. The molecule has 0 saturated heterocycles. The molecule has 0 aliphatic heterocycles. The van der Waals surface area contributed by atoms with Crippen molar-refractivity contribution in [2.45, 2.75) is 18.4 Å². The molecule has 1 aromatic heterocycles. The van der Waals surface area contributed by atoms with E-state index in [9.17, 15) is 13.2 Å². The van der Waals surface area contributed by atoms with E-state index >= 15 is 0 Å². The minimum Gasteiger partial charge on any atom is -0.463 e. The highest BCUT2D eigenvalue weighted by Gasteiger charge is 2.28. The summed E-state index contributed by atoms with van der Waals surface area (Å²) in [6.07, 6.45) is 2.86. The van der Waals surface area contributed by atoms with Crippen molar-refractivity contribution in [1.82, 2.24) is 5.43 Å². The number of rotatable bonds is 8. The molecule has 4 aromatic rings. The van der Waals surface area contributed by atoms with Gasteiger partial charge in [-0.15, -0.1) is 0 Å². The molecule has 0 unspecified atom stereocenters. The van der Waals surface area contributed by atoms with E-state index in [0.29, 0.717) is 5.76 Å². The Morgan fingerprint density at radius 1 is 0.941 bits per heavy atom. The largest absolute Gasteiger partial charge is 0.463 e. The second-order valence-electron chi connectivity index (χ2n) is 7.54. The molecule has 34 heavy (non-hydrogen) atoms. The van der Waals surface area contributed by atoms with Crippen molar-refractivity contribution in [1.29, 1.82) is 0 Å². The lowest BCUT2D eigenvalue weighted by atomic mass is 10.1. The molecular formula is C26H23N3O4S. The number of furan rings is 1. The Balaban J connectivity index is 1.73. The Morgan fingerprint density at radius 2 is 1.65 bits per heavy atom. The van der Waals surface area contributed by atoms with Crippen LogP contribution in [0.15, 0.2) is 112 Å². The van der Waals surface area contributed by atoms with E-state index in [1.54, 1.807) is 60.7 Å². The van der Waals surface area contributed by atoms with Gasteiger partial charge in [0.05, 0.1) is 35.2 Å². The van der Waals surface area contributed by atoms with Crippen LogP contribution in [0.2, 0.25) is 0 Å². The molecule has 0 atom stereocenters. The molecule has 0 radical (unpaired) electrons. The first-order valence-electron chi connectivity index (χ1n) is 10.5. The van der Waals surface area contributed by atoms with Gasteiger partial charge < -0.3 is 4.42 Å². The van der Waals surface area contributed by atoms with Gasteiger partial charge in [0.15, 0.2) is 0 Å². The van der Waals surface area contributed by atoms with E-state index in [4.69, 9.17) is 4.42 Å². The van der Waals surface area contributed by atoms with Crippen LogP contribution in [0.1, 0.15) is 27.2 Å². The third-order valence-electron chi connectivity index (χ3n) is 5.10. The quantitative estimate of drug-likeness (QED) is 0.295. The second kappa shape index (κ2) is 10.2. The summed E-state index contributed by atoms with van der Waals surface area (Å²) in [5, 5.41) is 3.92. The normalized spacial score (nSPS) is 11.4. The van der Waals surface area contributed by atoms with E-state index in [1.165, 1.54) is 16.8 Å². The minimum atomic E-state index is -3.98. The van der Waals surface area contributed by atoms with Crippen molar-refractivity contribution < 1.29 is 17.6 Å². The highest BCUT2D eigenvalue weighted by molar-refractivity contribution is 7.92. The summed E-state index contributed by atoms with van der Waals surface area (Å²) in [6.45, 7) is 1.94. The van der Waals surface area contributed by atoms with Gasteiger partial charge in [-0.1, -0.05) is 60.2 Å². The predicted octanol–water partition coefficient (Wildman–Crippen LogP) is 4.75. The molecule has 1 amide bonds. The minimum absolute atomic E-state index is 0.0526. The number of sulfonamides is 1. The summed E-state index contributed by atoms with van der Waals surface area (Å²) in [4.78, 5) is 13.1. The number of para-hydroxylation sites is 1. The van der Waals surface area contributed by atoms with Crippen LogP contribution in [0.4, 0.5) is 5.69 Å². The number of amides is 1. The van der Waals surface area contributed by atoms with Crippen molar-refractivity contribution in [3.8, 4) is 0 Å². The Morgan fingerprint density at radius 3 is 2.35 bits per heavy atom. The number of nitrogens with one attached hydrogen (secondary N) is 1. The first kappa shape index (κ1) is 23.0. The van der Waals surface area contributed by atoms with Crippen molar-refractivity contribution >= 4 is 27.8 Å². The molecule has 172 valence electrons. The van der Waals surface area contributed by atoms with Crippen molar-refractivity contribution in [2.75, 3.05) is 4.31 Å². The highest BCUT2D eigenvalue weighted by Crippen LogP contribution is 2.29. The molecule has 1 N–H and O–H groups in total. The zero-order valence-corrected chi connectivity index (χ0v) is 19.3. The summed E-state index contributed by atoms with van der Waals surface area (Å²) in [7, 11) is -3.98. The smallest absolute Gasteiger partial charge is 0.273 e. The average molecular weight is 474 g/mol. The van der Waals surface area contributed by atoms with E-state index in [-0.39, 0.29) is 22.7 Å². The average Bonchev–Trinajstić information content (AvgIpc) is 3.37. The maximum absolute atomic E-state index is 13.7. The van der Waals surface area contributed by atoms with Crippen LogP contribution in [0.3, 0.4) is 0 Å². The molecule has 0 spiro atoms. The number of hydrogen-bond acceptors (Lipinski definition) is 5. The number of carbonyl (C=O) groups excluding carboxylic acids is 1. The first-order valence-corrected chi connectivity index (χ1v) is 12.0. The second-order valence-corrected chi connectivity index (χ2v) is 9.40. The van der Waals surface area contributed by atoms with E-state index in [0.717, 1.165) is 11.1 Å². The summed E-state index contributed by atoms with van der Waals surface area (Å²) < 4.78 is 33.9. The molecule has 8 heteroatoms. The van der Waals surface area contributed by atoms with E-state index in [2.05, 4.69) is 10.5 Å². The fraction of sp³-hybridized carbons (Fsp3) is 0.0769. The van der Waals surface area contributed by atoms with Crippen LogP contribution in [-0.4, -0.2) is 20.5 Å². The van der Waals surface area contributed by atoms with Crippen LogP contribution >= 0.6 is 0 Å². The highest BCUT2D eigenvalue weighted by atomic mass is 32.2. The monoisotopic (exact) mass is 473 g/mol. The number of aryl methyl sites for hydroxylation is 1. The third kappa shape index (κ3) is 5.24. The van der Waals surface area contributed by atoms with E-state index in [1.807, 2.05) is 37.3 Å². The fourth-order valence-electron chi connectivity index (χ4n) is 3.35. The van der Waals surface area contributed by atoms with Gasteiger partial charge in [0.25, 0.3) is 15.9 Å². The van der Waals surface area contributed by atoms with Crippen LogP contribution in [-0.2, 0) is 16.6 Å². The van der Waals surface area contributed by atoms with Gasteiger partial charge in [0.1, 0.15) is 5.76 Å². The SMILES string of the molecule is Cc1ccc(S(=O)(=O)N(Cc2ccccc2)c2ccccc2C(=O)N/N=C/c2ccco2)cc1. The van der Waals surface area contributed by atoms with Crippen LogP contribution in [0, 0.1) is 6.92 Å². The molecule has 3 aromatic carbocycles. The van der Waals surface area contributed by atoms with Crippen molar-refractivity contribution in [3.05, 3.63) is 120 Å². The predicted molar refractivity (Wildman–Crippen MR) is 131 cm³/mol. The summed E-state index contributed by atoms with van der Waals surface area (Å²) in [5.41, 5.74) is 4.59. The summed E-state index contributed by atoms with van der Waals surface area (Å²) in [5.74, 6) is -0.0724. The Labute approximate surface area is 198 Å². The van der Waals surface area contributed by atoms with Gasteiger partial charge in [-0.2, -0.15) is 5.10 Å². The maximum atomic E-state index is 13.7. The molecule has 0 bridgehead atoms. The van der Waals surface area contributed by atoms with E-state index < -0.39 is 15.9 Å². The Hall–Kier alpha value is -4.17. The third-order valence-corrected chi connectivity index (χ3v) is 6.87. The van der Waals surface area contributed by atoms with Gasteiger partial charge in [0, 0.05) is 0 Å².